The van der Waals surface area contributed by atoms with Crippen LogP contribution in [-0.4, -0.2) is 24.1 Å². The van der Waals surface area contributed by atoms with Gasteiger partial charge in [-0.15, -0.1) is 0 Å². The van der Waals surface area contributed by atoms with E-state index < -0.39 is 0 Å². The molecule has 2 rings (SSSR count). The summed E-state index contributed by atoms with van der Waals surface area (Å²) in [6.07, 6.45) is 0.811. The zero-order valence-electron chi connectivity index (χ0n) is 13.7. The molecule has 3 N–H and O–H groups in total. The average Bonchev–Trinajstić information content (AvgIpc) is 2.55. The highest BCUT2D eigenvalue weighted by Crippen LogP contribution is 2.23. The molecule has 23 heavy (non-hydrogen) atoms. The molecule has 0 atom stereocenters. The quantitative estimate of drug-likeness (QED) is 0.682. The van der Waals surface area contributed by atoms with Gasteiger partial charge in [0.1, 0.15) is 5.75 Å². The molecule has 2 aromatic carbocycles. The van der Waals surface area contributed by atoms with Gasteiger partial charge in [0.2, 0.25) is 0 Å². The normalized spacial score (nSPS) is 10.6. The largest absolute Gasteiger partial charge is 0.507 e. The monoisotopic (exact) mass is 312 g/mol. The molecular weight excluding hydrogens is 288 g/mol. The van der Waals surface area contributed by atoms with Crippen molar-refractivity contribution in [2.75, 3.05) is 18.4 Å². The van der Waals surface area contributed by atoms with Crippen molar-refractivity contribution in [1.29, 1.82) is 0 Å². The number of nitrogens with one attached hydrogen (secondary N) is 2. The van der Waals surface area contributed by atoms with E-state index in [0.717, 1.165) is 24.2 Å². The van der Waals surface area contributed by atoms with E-state index in [9.17, 15) is 9.90 Å². The fourth-order valence-electron chi connectivity index (χ4n) is 2.27. The molecule has 0 aliphatic rings. The maximum Gasteiger partial charge on any atom is 0.255 e. The Morgan fingerprint density at radius 3 is 2.52 bits per heavy atom. The minimum Gasteiger partial charge on any atom is -0.507 e. The number of para-hydroxylation sites is 1. The molecule has 122 valence electrons. The molecule has 2 aromatic rings. The summed E-state index contributed by atoms with van der Waals surface area (Å²) in [4.78, 5) is 12.2. The predicted octanol–water partition coefficient (Wildman–Crippen LogP) is 3.75. The van der Waals surface area contributed by atoms with Gasteiger partial charge in [-0.3, -0.25) is 4.79 Å². The SMILES string of the molecule is CC(C)c1ccc(O)c(C(=O)NCCCNc2ccccc2)c1. The Morgan fingerprint density at radius 2 is 1.83 bits per heavy atom. The van der Waals surface area contributed by atoms with Crippen LogP contribution in [0.5, 0.6) is 5.75 Å². The smallest absolute Gasteiger partial charge is 0.255 e. The summed E-state index contributed by atoms with van der Waals surface area (Å²) in [5.41, 5.74) is 2.45. The Bertz CT molecular complexity index is 639. The number of hydrogen-bond donors (Lipinski definition) is 3. The Labute approximate surface area is 137 Å². The van der Waals surface area contributed by atoms with E-state index >= 15 is 0 Å². The number of aromatic hydroxyl groups is 1. The van der Waals surface area contributed by atoms with Gasteiger partial charge in [-0.2, -0.15) is 0 Å². The molecule has 0 bridgehead atoms. The predicted molar refractivity (Wildman–Crippen MR) is 94.1 cm³/mol. The Balaban J connectivity index is 1.80. The third-order valence-corrected chi connectivity index (χ3v) is 3.67. The molecule has 0 aliphatic carbocycles. The molecule has 4 nitrogen and oxygen atoms in total. The second kappa shape index (κ2) is 8.22. The lowest BCUT2D eigenvalue weighted by molar-refractivity contribution is 0.0951. The van der Waals surface area contributed by atoms with Gasteiger partial charge in [-0.1, -0.05) is 38.1 Å². The van der Waals surface area contributed by atoms with E-state index in [1.165, 1.54) is 0 Å². The van der Waals surface area contributed by atoms with Crippen molar-refractivity contribution in [3.8, 4) is 5.75 Å². The first kappa shape index (κ1) is 16.9. The zero-order chi connectivity index (χ0) is 16.7. The van der Waals surface area contributed by atoms with Crippen LogP contribution in [0.4, 0.5) is 5.69 Å². The van der Waals surface area contributed by atoms with E-state index in [-0.39, 0.29) is 11.7 Å². The van der Waals surface area contributed by atoms with Crippen molar-refractivity contribution in [2.24, 2.45) is 0 Å². The maximum atomic E-state index is 12.2. The van der Waals surface area contributed by atoms with Gasteiger partial charge in [-0.25, -0.2) is 0 Å². The van der Waals surface area contributed by atoms with Gasteiger partial charge in [0.15, 0.2) is 0 Å². The van der Waals surface area contributed by atoms with E-state index in [1.807, 2.05) is 36.4 Å². The molecule has 4 heteroatoms. The van der Waals surface area contributed by atoms with Gasteiger partial charge >= 0.3 is 0 Å². The van der Waals surface area contributed by atoms with Crippen molar-refractivity contribution >= 4 is 11.6 Å². The molecule has 0 saturated carbocycles. The minimum atomic E-state index is -0.232. The minimum absolute atomic E-state index is 0.0225. The van der Waals surface area contributed by atoms with Crippen molar-refractivity contribution in [3.63, 3.8) is 0 Å². The second-order valence-corrected chi connectivity index (χ2v) is 5.83. The topological polar surface area (TPSA) is 61.4 Å². The van der Waals surface area contributed by atoms with Crippen LogP contribution in [0.15, 0.2) is 48.5 Å². The fourth-order valence-corrected chi connectivity index (χ4v) is 2.27. The standard InChI is InChI=1S/C19H24N2O2/c1-14(2)15-9-10-18(22)17(13-15)19(23)21-12-6-11-20-16-7-4-3-5-8-16/h3-5,7-10,13-14,20,22H,6,11-12H2,1-2H3,(H,21,23). The van der Waals surface area contributed by atoms with Gasteiger partial charge in [0.25, 0.3) is 5.91 Å². The van der Waals surface area contributed by atoms with E-state index in [4.69, 9.17) is 0 Å². The van der Waals surface area contributed by atoms with Gasteiger partial charge < -0.3 is 15.7 Å². The molecule has 0 heterocycles. The highest BCUT2D eigenvalue weighted by molar-refractivity contribution is 5.97. The second-order valence-electron chi connectivity index (χ2n) is 5.83. The van der Waals surface area contributed by atoms with Crippen LogP contribution in [0.3, 0.4) is 0 Å². The number of anilines is 1. The van der Waals surface area contributed by atoms with Crippen LogP contribution < -0.4 is 10.6 Å². The van der Waals surface area contributed by atoms with Crippen LogP contribution in [0, 0.1) is 0 Å². The number of carbonyl (C=O) groups is 1. The van der Waals surface area contributed by atoms with E-state index in [1.54, 1.807) is 12.1 Å². The summed E-state index contributed by atoms with van der Waals surface area (Å²) in [6, 6.07) is 15.1. The number of carbonyl (C=O) groups excluding carboxylic acids is 1. The van der Waals surface area contributed by atoms with Crippen molar-refractivity contribution in [3.05, 3.63) is 59.7 Å². The number of phenols is 1. The summed E-state index contributed by atoms with van der Waals surface area (Å²) >= 11 is 0. The molecule has 0 spiro atoms. The first-order valence-electron chi connectivity index (χ1n) is 7.98. The van der Waals surface area contributed by atoms with Crippen molar-refractivity contribution in [2.45, 2.75) is 26.2 Å². The fraction of sp³-hybridized carbons (Fsp3) is 0.316. The van der Waals surface area contributed by atoms with Crippen LogP contribution in [0.1, 0.15) is 42.1 Å². The van der Waals surface area contributed by atoms with Crippen molar-refractivity contribution in [1.82, 2.24) is 5.32 Å². The summed E-state index contributed by atoms with van der Waals surface area (Å²) in [5.74, 6) is 0.108. The van der Waals surface area contributed by atoms with E-state index in [0.29, 0.717) is 18.0 Å². The number of rotatable bonds is 7. The molecule has 0 unspecified atom stereocenters. The Kier molecular flexibility index (Phi) is 6.03. The van der Waals surface area contributed by atoms with Gasteiger partial charge in [0, 0.05) is 18.8 Å². The zero-order valence-corrected chi connectivity index (χ0v) is 13.7. The van der Waals surface area contributed by atoms with Crippen LogP contribution in [0.2, 0.25) is 0 Å². The highest BCUT2D eigenvalue weighted by atomic mass is 16.3. The number of amides is 1. The molecule has 0 aromatic heterocycles. The molecule has 0 fully saturated rings. The van der Waals surface area contributed by atoms with E-state index in [2.05, 4.69) is 24.5 Å². The third kappa shape index (κ3) is 5.02. The highest BCUT2D eigenvalue weighted by Gasteiger charge is 2.12. The van der Waals surface area contributed by atoms with Crippen LogP contribution in [0.25, 0.3) is 0 Å². The molecule has 0 aliphatic heterocycles. The summed E-state index contributed by atoms with van der Waals surface area (Å²) in [6.45, 7) is 5.46. The van der Waals surface area contributed by atoms with Gasteiger partial charge in [-0.05, 0) is 42.2 Å². The van der Waals surface area contributed by atoms with Crippen LogP contribution >= 0.6 is 0 Å². The Morgan fingerprint density at radius 1 is 1.09 bits per heavy atom. The lowest BCUT2D eigenvalue weighted by Crippen LogP contribution is -2.26. The maximum absolute atomic E-state index is 12.2. The first-order valence-corrected chi connectivity index (χ1v) is 7.98. The van der Waals surface area contributed by atoms with Gasteiger partial charge in [0.05, 0.1) is 5.56 Å². The Hall–Kier alpha value is -2.49. The number of benzene rings is 2. The summed E-state index contributed by atoms with van der Waals surface area (Å²) in [5, 5.41) is 16.0. The molecule has 1 amide bonds. The first-order chi connectivity index (χ1) is 11.1. The molecule has 0 radical (unpaired) electrons. The summed E-state index contributed by atoms with van der Waals surface area (Å²) < 4.78 is 0. The molecule has 0 saturated heterocycles. The summed E-state index contributed by atoms with van der Waals surface area (Å²) in [7, 11) is 0. The average molecular weight is 312 g/mol. The van der Waals surface area contributed by atoms with Crippen molar-refractivity contribution < 1.29 is 9.90 Å². The number of hydrogen-bond acceptors (Lipinski definition) is 3. The lowest BCUT2D eigenvalue weighted by Gasteiger charge is -2.11. The van der Waals surface area contributed by atoms with Crippen LogP contribution in [-0.2, 0) is 0 Å². The number of phenolic OH excluding ortho intramolecular Hbond substituents is 1. The lowest BCUT2D eigenvalue weighted by atomic mass is 10.00. The third-order valence-electron chi connectivity index (χ3n) is 3.67. The molecular formula is C19H24N2O2.